The number of nitrogens with one attached hydrogen (secondary N) is 1. The Kier molecular flexibility index (Phi) is 4.08. The van der Waals surface area contributed by atoms with Gasteiger partial charge in [-0.05, 0) is 36.4 Å². The molecule has 3 aromatic rings. The molecule has 0 aliphatic rings. The van der Waals surface area contributed by atoms with E-state index in [1.807, 2.05) is 6.07 Å². The van der Waals surface area contributed by atoms with Gasteiger partial charge in [-0.3, -0.25) is 9.48 Å². The smallest absolute Gasteiger partial charge is 0.246 e. The Morgan fingerprint density at radius 2 is 2.17 bits per heavy atom. The number of hydrogen-bond acceptors (Lipinski definition) is 4. The number of nitrogen functional groups attached to an aromatic ring is 1. The van der Waals surface area contributed by atoms with Crippen LogP contribution in [0, 0.1) is 0 Å². The van der Waals surface area contributed by atoms with Gasteiger partial charge in [-0.1, -0.05) is 11.6 Å². The molecule has 0 fully saturated rings. The van der Waals surface area contributed by atoms with Crippen LogP contribution in [0.2, 0.25) is 5.02 Å². The Morgan fingerprint density at radius 1 is 1.35 bits per heavy atom. The molecule has 0 radical (unpaired) electrons. The predicted molar refractivity (Wildman–Crippen MR) is 90.8 cm³/mol. The van der Waals surface area contributed by atoms with Crippen LogP contribution in [0.1, 0.15) is 0 Å². The van der Waals surface area contributed by atoms with Crippen molar-refractivity contribution in [2.24, 2.45) is 0 Å². The van der Waals surface area contributed by atoms with Gasteiger partial charge < -0.3 is 15.8 Å². The van der Waals surface area contributed by atoms with Gasteiger partial charge in [-0.15, -0.1) is 0 Å². The third kappa shape index (κ3) is 3.22. The normalized spacial score (nSPS) is 10.7. The molecule has 118 valence electrons. The number of methoxy groups -OCH3 is 1. The minimum atomic E-state index is -0.238. The summed E-state index contributed by atoms with van der Waals surface area (Å²) in [7, 11) is 1.53. The molecule has 1 aromatic heterocycles. The number of nitrogens with two attached hydrogens (primary N) is 1. The number of fused-ring (bicyclic) bond motifs is 1. The van der Waals surface area contributed by atoms with Gasteiger partial charge in [0.1, 0.15) is 12.3 Å². The minimum Gasteiger partial charge on any atom is -0.495 e. The van der Waals surface area contributed by atoms with E-state index in [9.17, 15) is 4.79 Å². The first-order chi connectivity index (χ1) is 11.1. The van der Waals surface area contributed by atoms with Crippen LogP contribution in [-0.2, 0) is 11.3 Å². The van der Waals surface area contributed by atoms with Crippen LogP contribution in [0.4, 0.5) is 11.4 Å². The molecular formula is C16H15ClN4O2. The zero-order valence-corrected chi connectivity index (χ0v) is 13.2. The van der Waals surface area contributed by atoms with Gasteiger partial charge in [0.15, 0.2) is 0 Å². The van der Waals surface area contributed by atoms with Crippen molar-refractivity contribution in [3.63, 3.8) is 0 Å². The second-order valence-electron chi connectivity index (χ2n) is 5.01. The highest BCUT2D eigenvalue weighted by molar-refractivity contribution is 6.31. The summed E-state index contributed by atoms with van der Waals surface area (Å²) in [6.07, 6.45) is 1.70. The molecule has 3 rings (SSSR count). The molecule has 0 aliphatic carbocycles. The van der Waals surface area contributed by atoms with Crippen molar-refractivity contribution in [3.05, 3.63) is 47.6 Å². The van der Waals surface area contributed by atoms with E-state index in [0.29, 0.717) is 22.1 Å². The zero-order valence-electron chi connectivity index (χ0n) is 12.4. The summed E-state index contributed by atoms with van der Waals surface area (Å²) in [6, 6.07) is 10.5. The fraction of sp³-hybridized carbons (Fsp3) is 0.125. The Morgan fingerprint density at radius 3 is 2.96 bits per heavy atom. The molecule has 0 aliphatic heterocycles. The van der Waals surface area contributed by atoms with E-state index in [4.69, 9.17) is 22.1 Å². The number of benzene rings is 2. The molecule has 0 saturated heterocycles. The quantitative estimate of drug-likeness (QED) is 0.721. The van der Waals surface area contributed by atoms with Crippen molar-refractivity contribution >= 4 is 39.8 Å². The number of amides is 1. The number of anilines is 2. The van der Waals surface area contributed by atoms with Crippen molar-refractivity contribution in [1.29, 1.82) is 0 Å². The number of aromatic nitrogens is 2. The number of ether oxygens (including phenoxy) is 1. The summed E-state index contributed by atoms with van der Waals surface area (Å²) in [5, 5.41) is 8.44. The fourth-order valence-electron chi connectivity index (χ4n) is 2.32. The van der Waals surface area contributed by atoms with Crippen molar-refractivity contribution < 1.29 is 9.53 Å². The van der Waals surface area contributed by atoms with Gasteiger partial charge in [0, 0.05) is 16.1 Å². The second kappa shape index (κ2) is 6.18. The van der Waals surface area contributed by atoms with E-state index in [0.717, 1.165) is 10.9 Å². The summed E-state index contributed by atoms with van der Waals surface area (Å²) in [6.45, 7) is 0.0582. The molecule has 3 N–H and O–H groups in total. The molecule has 2 aromatic carbocycles. The lowest BCUT2D eigenvalue weighted by molar-refractivity contribution is -0.116. The highest BCUT2D eigenvalue weighted by atomic mass is 35.5. The maximum atomic E-state index is 12.3. The van der Waals surface area contributed by atoms with E-state index < -0.39 is 0 Å². The molecule has 1 heterocycles. The Labute approximate surface area is 137 Å². The molecule has 0 atom stereocenters. The number of halogens is 1. The molecule has 0 spiro atoms. The minimum absolute atomic E-state index is 0.0582. The van der Waals surface area contributed by atoms with E-state index >= 15 is 0 Å². The average molecular weight is 331 g/mol. The topological polar surface area (TPSA) is 82.2 Å². The Bertz CT molecular complexity index is 876. The SMILES string of the molecule is COc1ccc(Cl)cc1NC(=O)Cn1ncc2ccc(N)cc21. The van der Waals surface area contributed by atoms with Gasteiger partial charge in [0.05, 0.1) is 24.5 Å². The van der Waals surface area contributed by atoms with Crippen molar-refractivity contribution in [2.45, 2.75) is 6.54 Å². The van der Waals surface area contributed by atoms with Gasteiger partial charge in [-0.2, -0.15) is 5.10 Å². The lowest BCUT2D eigenvalue weighted by atomic mass is 10.2. The van der Waals surface area contributed by atoms with Crippen LogP contribution in [0.25, 0.3) is 10.9 Å². The van der Waals surface area contributed by atoms with Gasteiger partial charge in [0.25, 0.3) is 0 Å². The molecular weight excluding hydrogens is 316 g/mol. The van der Waals surface area contributed by atoms with Crippen LogP contribution in [0.15, 0.2) is 42.6 Å². The third-order valence-corrected chi connectivity index (χ3v) is 3.63. The molecule has 0 saturated carbocycles. The lowest BCUT2D eigenvalue weighted by Crippen LogP contribution is -2.19. The summed E-state index contributed by atoms with van der Waals surface area (Å²) < 4.78 is 6.81. The van der Waals surface area contributed by atoms with E-state index in [1.54, 1.807) is 41.2 Å². The van der Waals surface area contributed by atoms with Gasteiger partial charge in [0.2, 0.25) is 5.91 Å². The molecule has 23 heavy (non-hydrogen) atoms. The number of carbonyl (C=O) groups is 1. The summed E-state index contributed by atoms with van der Waals surface area (Å²) in [4.78, 5) is 12.3. The molecule has 6 nitrogen and oxygen atoms in total. The van der Waals surface area contributed by atoms with Crippen LogP contribution in [0.5, 0.6) is 5.75 Å². The standard InChI is InChI=1S/C16H15ClN4O2/c1-23-15-5-3-11(17)6-13(15)20-16(22)9-21-14-7-12(18)4-2-10(14)8-19-21/h2-8H,9,18H2,1H3,(H,20,22). The van der Waals surface area contributed by atoms with Crippen LogP contribution in [-0.4, -0.2) is 22.8 Å². The lowest BCUT2D eigenvalue weighted by Gasteiger charge is -2.11. The van der Waals surface area contributed by atoms with Crippen molar-refractivity contribution in [3.8, 4) is 5.75 Å². The highest BCUT2D eigenvalue weighted by Crippen LogP contribution is 2.27. The van der Waals surface area contributed by atoms with Gasteiger partial charge in [-0.25, -0.2) is 0 Å². The highest BCUT2D eigenvalue weighted by Gasteiger charge is 2.11. The van der Waals surface area contributed by atoms with E-state index in [1.165, 1.54) is 7.11 Å². The van der Waals surface area contributed by atoms with Gasteiger partial charge >= 0.3 is 0 Å². The summed E-state index contributed by atoms with van der Waals surface area (Å²) in [5.41, 5.74) is 7.73. The van der Waals surface area contributed by atoms with Crippen molar-refractivity contribution in [2.75, 3.05) is 18.2 Å². The molecule has 1 amide bonds. The first kappa shape index (κ1) is 15.2. The fourth-order valence-corrected chi connectivity index (χ4v) is 2.49. The number of carbonyl (C=O) groups excluding carboxylic acids is 1. The zero-order chi connectivity index (χ0) is 16.4. The third-order valence-electron chi connectivity index (χ3n) is 3.40. The van der Waals surface area contributed by atoms with E-state index in [-0.39, 0.29) is 12.5 Å². The molecule has 0 bridgehead atoms. The predicted octanol–water partition coefficient (Wildman–Crippen LogP) is 2.92. The largest absolute Gasteiger partial charge is 0.495 e. The van der Waals surface area contributed by atoms with Crippen LogP contribution < -0.4 is 15.8 Å². The first-order valence-corrected chi connectivity index (χ1v) is 7.29. The monoisotopic (exact) mass is 330 g/mol. The van der Waals surface area contributed by atoms with Crippen LogP contribution >= 0.6 is 11.6 Å². The number of nitrogens with zero attached hydrogens (tertiary/aromatic N) is 2. The Balaban J connectivity index is 1.81. The summed E-state index contributed by atoms with van der Waals surface area (Å²) in [5.74, 6) is 0.301. The molecule has 7 heteroatoms. The van der Waals surface area contributed by atoms with Crippen molar-refractivity contribution in [1.82, 2.24) is 9.78 Å². The summed E-state index contributed by atoms with van der Waals surface area (Å²) >= 11 is 5.96. The number of hydrogen-bond donors (Lipinski definition) is 2. The average Bonchev–Trinajstić information content (AvgIpc) is 2.90. The maximum absolute atomic E-state index is 12.3. The molecule has 0 unspecified atom stereocenters. The van der Waals surface area contributed by atoms with E-state index in [2.05, 4.69) is 10.4 Å². The Hall–Kier alpha value is -2.73. The second-order valence-corrected chi connectivity index (χ2v) is 5.45. The maximum Gasteiger partial charge on any atom is 0.246 e. The number of rotatable bonds is 4. The first-order valence-electron chi connectivity index (χ1n) is 6.91. The van der Waals surface area contributed by atoms with Crippen LogP contribution in [0.3, 0.4) is 0 Å².